The van der Waals surface area contributed by atoms with Crippen LogP contribution in [0.3, 0.4) is 0 Å². The lowest BCUT2D eigenvalue weighted by molar-refractivity contribution is -0.133. The molecule has 0 fully saturated rings. The molecule has 0 aliphatic heterocycles. The molecular weight excluding hydrogens is 178 g/mol. The van der Waals surface area contributed by atoms with E-state index in [-0.39, 0.29) is 11.7 Å². The van der Waals surface area contributed by atoms with Gasteiger partial charge in [-0.05, 0) is 12.2 Å². The monoisotopic (exact) mass is 191 g/mol. The molecule has 5 nitrogen and oxygen atoms in total. The van der Waals surface area contributed by atoms with Crippen molar-refractivity contribution in [2.75, 3.05) is 18.1 Å². The molecule has 0 aromatic heterocycles. The van der Waals surface area contributed by atoms with Gasteiger partial charge in [-0.15, -0.1) is 0 Å². The third-order valence-electron chi connectivity index (χ3n) is 1.01. The van der Waals surface area contributed by atoms with Crippen molar-refractivity contribution >= 4 is 23.7 Å². The Hall–Kier alpha value is -0.910. The average molecular weight is 191 g/mol. The Labute approximate surface area is 75.2 Å². The van der Waals surface area contributed by atoms with E-state index in [4.69, 9.17) is 16.2 Å². The van der Waals surface area contributed by atoms with Crippen molar-refractivity contribution in [3.63, 3.8) is 0 Å². The molecule has 0 heterocycles. The molecule has 0 unspecified atom stereocenters. The van der Waals surface area contributed by atoms with Crippen LogP contribution in [0.1, 0.15) is 6.42 Å². The molecule has 0 saturated heterocycles. The zero-order valence-corrected chi connectivity index (χ0v) is 7.49. The van der Waals surface area contributed by atoms with Gasteiger partial charge in [0, 0.05) is 6.54 Å². The Balaban J connectivity index is 3.01. The van der Waals surface area contributed by atoms with Gasteiger partial charge in [-0.3, -0.25) is 10.2 Å². The lowest BCUT2D eigenvalue weighted by Gasteiger charge is -2.01. The minimum Gasteiger partial charge on any atom is -0.481 e. The number of thioether (sulfide) groups is 1. The second-order valence-electron chi connectivity index (χ2n) is 2.14. The number of nitrogens with two attached hydrogens (primary N) is 1. The van der Waals surface area contributed by atoms with E-state index < -0.39 is 5.97 Å². The molecule has 12 heavy (non-hydrogen) atoms. The van der Waals surface area contributed by atoms with Crippen LogP contribution in [-0.4, -0.2) is 35.1 Å². The van der Waals surface area contributed by atoms with Crippen molar-refractivity contribution in [1.82, 2.24) is 5.32 Å². The number of rotatable bonds is 6. The van der Waals surface area contributed by atoms with Crippen LogP contribution < -0.4 is 11.1 Å². The fraction of sp³-hybridized carbons (Fsp3) is 0.667. The Morgan fingerprint density at radius 3 is 2.83 bits per heavy atom. The second-order valence-corrected chi connectivity index (χ2v) is 3.25. The number of guanidine groups is 1. The summed E-state index contributed by atoms with van der Waals surface area (Å²) in [7, 11) is 0. The highest BCUT2D eigenvalue weighted by atomic mass is 32.2. The van der Waals surface area contributed by atoms with Crippen LogP contribution in [0.5, 0.6) is 0 Å². The van der Waals surface area contributed by atoms with Crippen LogP contribution in [0.4, 0.5) is 0 Å². The highest BCUT2D eigenvalue weighted by Gasteiger charge is 1.95. The Morgan fingerprint density at radius 2 is 2.33 bits per heavy atom. The summed E-state index contributed by atoms with van der Waals surface area (Å²) in [5, 5.41) is 17.7. The number of carbonyl (C=O) groups is 1. The summed E-state index contributed by atoms with van der Waals surface area (Å²) >= 11 is 1.36. The SMILES string of the molecule is N=C(N)NCCCSCC(=O)O. The van der Waals surface area contributed by atoms with Gasteiger partial charge in [0.1, 0.15) is 0 Å². The lowest BCUT2D eigenvalue weighted by Crippen LogP contribution is -2.31. The predicted octanol–water partition coefficient (Wildman–Crippen LogP) is -0.323. The van der Waals surface area contributed by atoms with E-state index in [9.17, 15) is 4.79 Å². The minimum atomic E-state index is -0.792. The summed E-state index contributed by atoms with van der Waals surface area (Å²) in [6.07, 6.45) is 0.817. The zero-order valence-electron chi connectivity index (χ0n) is 6.67. The van der Waals surface area contributed by atoms with E-state index in [0.717, 1.165) is 12.2 Å². The lowest BCUT2D eigenvalue weighted by atomic mass is 10.5. The van der Waals surface area contributed by atoms with Crippen molar-refractivity contribution in [3.8, 4) is 0 Å². The summed E-state index contributed by atoms with van der Waals surface area (Å²) in [5.41, 5.74) is 5.03. The number of carboxylic acid groups (broad SMARTS) is 1. The number of hydrogen-bond acceptors (Lipinski definition) is 3. The highest BCUT2D eigenvalue weighted by Crippen LogP contribution is 2.00. The van der Waals surface area contributed by atoms with Crippen LogP contribution in [0.15, 0.2) is 0 Å². The predicted molar refractivity (Wildman–Crippen MR) is 49.5 cm³/mol. The van der Waals surface area contributed by atoms with E-state index in [1.54, 1.807) is 0 Å². The van der Waals surface area contributed by atoms with Gasteiger partial charge < -0.3 is 16.2 Å². The first-order chi connectivity index (χ1) is 5.63. The van der Waals surface area contributed by atoms with E-state index in [0.29, 0.717) is 6.54 Å². The molecular formula is C6H13N3O2S. The van der Waals surface area contributed by atoms with Crippen molar-refractivity contribution in [1.29, 1.82) is 5.41 Å². The summed E-state index contributed by atoms with van der Waals surface area (Å²) in [6.45, 7) is 0.627. The van der Waals surface area contributed by atoms with E-state index in [2.05, 4.69) is 5.32 Å². The van der Waals surface area contributed by atoms with Crippen molar-refractivity contribution in [2.24, 2.45) is 5.73 Å². The smallest absolute Gasteiger partial charge is 0.313 e. The molecule has 0 atom stereocenters. The van der Waals surface area contributed by atoms with Gasteiger partial charge in [-0.1, -0.05) is 0 Å². The summed E-state index contributed by atoms with van der Waals surface area (Å²) in [6, 6.07) is 0. The van der Waals surface area contributed by atoms with Gasteiger partial charge in [0.15, 0.2) is 5.96 Å². The maximum absolute atomic E-state index is 10.0. The summed E-state index contributed by atoms with van der Waals surface area (Å²) < 4.78 is 0. The van der Waals surface area contributed by atoms with Gasteiger partial charge in [0.05, 0.1) is 5.75 Å². The second kappa shape index (κ2) is 6.78. The minimum absolute atomic E-state index is 0.0433. The first kappa shape index (κ1) is 11.1. The highest BCUT2D eigenvalue weighted by molar-refractivity contribution is 7.99. The Kier molecular flexibility index (Phi) is 6.26. The molecule has 0 saturated carbocycles. The first-order valence-corrected chi connectivity index (χ1v) is 4.66. The third-order valence-corrected chi connectivity index (χ3v) is 2.03. The number of hydrogen-bond donors (Lipinski definition) is 4. The molecule has 0 spiro atoms. The van der Waals surface area contributed by atoms with Gasteiger partial charge in [0.2, 0.25) is 0 Å². The van der Waals surface area contributed by atoms with Crippen LogP contribution >= 0.6 is 11.8 Å². The van der Waals surface area contributed by atoms with Gasteiger partial charge >= 0.3 is 5.97 Å². The van der Waals surface area contributed by atoms with Crippen LogP contribution in [0.2, 0.25) is 0 Å². The molecule has 0 aliphatic carbocycles. The Morgan fingerprint density at radius 1 is 1.67 bits per heavy atom. The van der Waals surface area contributed by atoms with Crippen molar-refractivity contribution < 1.29 is 9.90 Å². The van der Waals surface area contributed by atoms with Gasteiger partial charge in [-0.25, -0.2) is 0 Å². The molecule has 0 aromatic rings. The number of aliphatic carboxylic acids is 1. The maximum Gasteiger partial charge on any atom is 0.313 e. The molecule has 0 amide bonds. The summed E-state index contributed by atoms with van der Waals surface area (Å²) in [4.78, 5) is 10.0. The largest absolute Gasteiger partial charge is 0.481 e. The molecule has 0 aliphatic rings. The zero-order chi connectivity index (χ0) is 9.40. The maximum atomic E-state index is 10.0. The van der Waals surface area contributed by atoms with E-state index in [1.165, 1.54) is 11.8 Å². The van der Waals surface area contributed by atoms with Crippen LogP contribution in [0.25, 0.3) is 0 Å². The first-order valence-electron chi connectivity index (χ1n) is 3.50. The van der Waals surface area contributed by atoms with Crippen LogP contribution in [0, 0.1) is 5.41 Å². The number of carboxylic acids is 1. The fourth-order valence-corrected chi connectivity index (χ4v) is 1.22. The number of nitrogens with one attached hydrogen (secondary N) is 2. The topological polar surface area (TPSA) is 99.2 Å². The van der Waals surface area contributed by atoms with Crippen molar-refractivity contribution in [3.05, 3.63) is 0 Å². The molecule has 70 valence electrons. The Bertz CT molecular complexity index is 145. The molecule has 6 heteroatoms. The quantitative estimate of drug-likeness (QED) is 0.262. The van der Waals surface area contributed by atoms with Gasteiger partial charge in [0.25, 0.3) is 0 Å². The molecule has 0 aromatic carbocycles. The van der Waals surface area contributed by atoms with Crippen molar-refractivity contribution in [2.45, 2.75) is 6.42 Å². The van der Waals surface area contributed by atoms with E-state index in [1.807, 2.05) is 0 Å². The van der Waals surface area contributed by atoms with Crippen LogP contribution in [-0.2, 0) is 4.79 Å². The van der Waals surface area contributed by atoms with Gasteiger partial charge in [-0.2, -0.15) is 11.8 Å². The summed E-state index contributed by atoms with van der Waals surface area (Å²) in [5.74, 6) is 0.0740. The average Bonchev–Trinajstić information content (AvgIpc) is 1.95. The molecule has 0 radical (unpaired) electrons. The van der Waals surface area contributed by atoms with E-state index >= 15 is 0 Å². The normalized spacial score (nSPS) is 9.33. The fourth-order valence-electron chi connectivity index (χ4n) is 0.557. The molecule has 0 rings (SSSR count). The third kappa shape index (κ3) is 9.09. The molecule has 0 bridgehead atoms. The standard InChI is InChI=1S/C6H13N3O2S/c7-6(8)9-2-1-3-12-4-5(10)11/h1-4H2,(H,10,11)(H4,7,8,9). The molecule has 5 N–H and O–H groups in total.